The molecule has 28 heavy (non-hydrogen) atoms. The highest BCUT2D eigenvalue weighted by Gasteiger charge is 2.17. The first-order valence-electron chi connectivity index (χ1n) is 9.29. The van der Waals surface area contributed by atoms with E-state index in [2.05, 4.69) is 5.32 Å². The smallest absolute Gasteiger partial charge is 0.251 e. The maximum Gasteiger partial charge on any atom is 0.251 e. The summed E-state index contributed by atoms with van der Waals surface area (Å²) in [5.74, 6) is 0.801. The maximum atomic E-state index is 12.6. The van der Waals surface area contributed by atoms with Crippen molar-refractivity contribution in [1.29, 1.82) is 0 Å². The van der Waals surface area contributed by atoms with Crippen molar-refractivity contribution >= 4 is 11.8 Å². The van der Waals surface area contributed by atoms with Crippen LogP contribution in [-0.2, 0) is 11.3 Å². The van der Waals surface area contributed by atoms with E-state index >= 15 is 0 Å². The molecule has 0 heterocycles. The van der Waals surface area contributed by atoms with Crippen LogP contribution in [0.2, 0.25) is 0 Å². The molecule has 0 aliphatic heterocycles. The quantitative estimate of drug-likeness (QED) is 0.721. The van der Waals surface area contributed by atoms with E-state index in [1.165, 1.54) is 14.2 Å². The minimum atomic E-state index is -0.274. The Labute approximate surface area is 166 Å². The maximum absolute atomic E-state index is 12.6. The second-order valence-electron chi connectivity index (χ2n) is 6.71. The fourth-order valence-corrected chi connectivity index (χ4v) is 2.81. The average molecular weight is 384 g/mol. The van der Waals surface area contributed by atoms with E-state index in [0.29, 0.717) is 23.6 Å². The summed E-state index contributed by atoms with van der Waals surface area (Å²) in [5, 5.41) is 2.79. The van der Waals surface area contributed by atoms with Crippen molar-refractivity contribution in [2.45, 2.75) is 32.9 Å². The van der Waals surface area contributed by atoms with Crippen LogP contribution in [-0.4, -0.2) is 43.5 Å². The molecule has 0 unspecified atom stereocenters. The summed E-state index contributed by atoms with van der Waals surface area (Å²) in [6.07, 6.45) is 0.234. The predicted molar refractivity (Wildman–Crippen MR) is 109 cm³/mol. The third-order valence-corrected chi connectivity index (χ3v) is 4.38. The molecular weight excluding hydrogens is 356 g/mol. The van der Waals surface area contributed by atoms with E-state index < -0.39 is 0 Å². The summed E-state index contributed by atoms with van der Waals surface area (Å²) < 4.78 is 10.4. The molecule has 0 aliphatic rings. The van der Waals surface area contributed by atoms with Gasteiger partial charge >= 0.3 is 0 Å². The molecule has 0 aliphatic carbocycles. The Morgan fingerprint density at radius 2 is 1.61 bits per heavy atom. The molecule has 0 saturated heterocycles. The zero-order chi connectivity index (χ0) is 20.5. The number of amides is 2. The number of nitrogens with zero attached hydrogens (tertiary/aromatic N) is 1. The van der Waals surface area contributed by atoms with E-state index in [9.17, 15) is 9.59 Å². The number of rotatable bonds is 9. The van der Waals surface area contributed by atoms with Crippen molar-refractivity contribution in [2.75, 3.05) is 20.8 Å². The second kappa shape index (κ2) is 10.3. The Balaban J connectivity index is 1.93. The van der Waals surface area contributed by atoms with Crippen LogP contribution in [0, 0.1) is 0 Å². The van der Waals surface area contributed by atoms with Gasteiger partial charge in [-0.3, -0.25) is 9.59 Å². The van der Waals surface area contributed by atoms with Crippen molar-refractivity contribution in [3.8, 4) is 11.5 Å². The summed E-state index contributed by atoms with van der Waals surface area (Å²) >= 11 is 0. The Kier molecular flexibility index (Phi) is 7.87. The molecule has 2 rings (SSSR count). The number of hydrogen-bond acceptors (Lipinski definition) is 4. The number of ether oxygens (including phenoxy) is 2. The van der Waals surface area contributed by atoms with Crippen molar-refractivity contribution in [3.63, 3.8) is 0 Å². The highest BCUT2D eigenvalue weighted by Crippen LogP contribution is 2.22. The predicted octanol–water partition coefficient (Wildman–Crippen LogP) is 3.26. The lowest BCUT2D eigenvalue weighted by molar-refractivity contribution is -0.133. The van der Waals surface area contributed by atoms with Gasteiger partial charge in [0.1, 0.15) is 11.5 Å². The van der Waals surface area contributed by atoms with Crippen LogP contribution in [0.5, 0.6) is 11.5 Å². The number of methoxy groups -OCH3 is 2. The molecule has 2 aromatic rings. The monoisotopic (exact) mass is 384 g/mol. The summed E-state index contributed by atoms with van der Waals surface area (Å²) in [7, 11) is 3.06. The summed E-state index contributed by atoms with van der Waals surface area (Å²) in [5.41, 5.74) is 1.51. The van der Waals surface area contributed by atoms with Gasteiger partial charge in [0.25, 0.3) is 5.91 Å². The summed E-state index contributed by atoms with van der Waals surface area (Å²) in [6, 6.07) is 14.9. The molecule has 6 heteroatoms. The molecule has 0 bridgehead atoms. The van der Waals surface area contributed by atoms with E-state index in [0.717, 1.165) is 5.56 Å². The zero-order valence-electron chi connectivity index (χ0n) is 16.9. The molecule has 0 aromatic heterocycles. The first kappa shape index (κ1) is 21.3. The second-order valence-corrected chi connectivity index (χ2v) is 6.71. The Hall–Kier alpha value is -3.02. The molecule has 0 radical (unpaired) electrons. The number of nitrogens with one attached hydrogen (secondary N) is 1. The van der Waals surface area contributed by atoms with Crippen LogP contribution in [0.3, 0.4) is 0 Å². The van der Waals surface area contributed by atoms with Crippen LogP contribution < -0.4 is 14.8 Å². The fourth-order valence-electron chi connectivity index (χ4n) is 2.81. The first-order chi connectivity index (χ1) is 13.4. The molecule has 0 spiro atoms. The van der Waals surface area contributed by atoms with Crippen molar-refractivity contribution in [2.24, 2.45) is 0 Å². The zero-order valence-corrected chi connectivity index (χ0v) is 16.9. The molecule has 6 nitrogen and oxygen atoms in total. The lowest BCUT2D eigenvalue weighted by Crippen LogP contribution is -2.38. The molecule has 150 valence electrons. The highest BCUT2D eigenvalue weighted by molar-refractivity contribution is 5.95. The Morgan fingerprint density at radius 1 is 1.00 bits per heavy atom. The van der Waals surface area contributed by atoms with Gasteiger partial charge in [-0.1, -0.05) is 30.3 Å². The van der Waals surface area contributed by atoms with Crippen LogP contribution >= 0.6 is 0 Å². The van der Waals surface area contributed by atoms with E-state index in [1.807, 2.05) is 49.1 Å². The van der Waals surface area contributed by atoms with Crippen LogP contribution in [0.25, 0.3) is 0 Å². The van der Waals surface area contributed by atoms with Gasteiger partial charge < -0.3 is 19.7 Å². The molecule has 0 fully saturated rings. The van der Waals surface area contributed by atoms with Crippen molar-refractivity contribution in [3.05, 3.63) is 59.7 Å². The topological polar surface area (TPSA) is 67.9 Å². The third kappa shape index (κ3) is 6.01. The standard InChI is InChI=1S/C22H28N2O4/c1-16(2)24(15-17-8-6-5-7-9-17)21(25)10-11-23-22(26)18-12-19(27-3)14-20(13-18)28-4/h5-9,12-14,16H,10-11,15H2,1-4H3,(H,23,26). The van der Waals surface area contributed by atoms with Gasteiger partial charge in [-0.15, -0.1) is 0 Å². The van der Waals surface area contributed by atoms with Crippen LogP contribution in [0.1, 0.15) is 36.2 Å². The summed E-state index contributed by atoms with van der Waals surface area (Å²) in [4.78, 5) is 26.9. The molecular formula is C22H28N2O4. The molecule has 2 aromatic carbocycles. The SMILES string of the molecule is COc1cc(OC)cc(C(=O)NCCC(=O)N(Cc2ccccc2)C(C)C)c1. The molecule has 0 saturated carbocycles. The lowest BCUT2D eigenvalue weighted by Gasteiger charge is -2.27. The van der Waals surface area contributed by atoms with Gasteiger partial charge in [-0.2, -0.15) is 0 Å². The van der Waals surface area contributed by atoms with Gasteiger partial charge in [0.15, 0.2) is 0 Å². The highest BCUT2D eigenvalue weighted by atomic mass is 16.5. The Bertz CT molecular complexity index is 768. The molecule has 1 N–H and O–H groups in total. The number of benzene rings is 2. The van der Waals surface area contributed by atoms with E-state index in [4.69, 9.17) is 9.47 Å². The minimum Gasteiger partial charge on any atom is -0.497 e. The van der Waals surface area contributed by atoms with Gasteiger partial charge in [0.2, 0.25) is 5.91 Å². The van der Waals surface area contributed by atoms with Gasteiger partial charge in [-0.25, -0.2) is 0 Å². The normalized spacial score (nSPS) is 10.5. The number of hydrogen-bond donors (Lipinski definition) is 1. The van der Waals surface area contributed by atoms with Crippen LogP contribution in [0.15, 0.2) is 48.5 Å². The van der Waals surface area contributed by atoms with Crippen molar-refractivity contribution in [1.82, 2.24) is 10.2 Å². The first-order valence-corrected chi connectivity index (χ1v) is 9.29. The fraction of sp³-hybridized carbons (Fsp3) is 0.364. The molecule has 2 amide bonds. The van der Waals surface area contributed by atoms with Gasteiger partial charge in [0, 0.05) is 37.2 Å². The largest absolute Gasteiger partial charge is 0.497 e. The number of carbonyl (C=O) groups excluding carboxylic acids is 2. The van der Waals surface area contributed by atoms with Crippen molar-refractivity contribution < 1.29 is 19.1 Å². The average Bonchev–Trinajstić information content (AvgIpc) is 2.71. The van der Waals surface area contributed by atoms with E-state index in [-0.39, 0.29) is 30.8 Å². The van der Waals surface area contributed by atoms with E-state index in [1.54, 1.807) is 18.2 Å². The number of carbonyl (C=O) groups is 2. The van der Waals surface area contributed by atoms with Gasteiger partial charge in [0.05, 0.1) is 14.2 Å². The molecule has 0 atom stereocenters. The summed E-state index contributed by atoms with van der Waals surface area (Å²) in [6.45, 7) is 4.79. The van der Waals surface area contributed by atoms with Crippen LogP contribution in [0.4, 0.5) is 0 Å². The third-order valence-electron chi connectivity index (χ3n) is 4.38. The van der Waals surface area contributed by atoms with Gasteiger partial charge in [-0.05, 0) is 31.5 Å². The lowest BCUT2D eigenvalue weighted by atomic mass is 10.1. The minimum absolute atomic E-state index is 0.00220. The Morgan fingerprint density at radius 3 is 2.14 bits per heavy atom.